The highest BCUT2D eigenvalue weighted by molar-refractivity contribution is 4.76. The summed E-state index contributed by atoms with van der Waals surface area (Å²) in [4.78, 5) is 2.18. The third-order valence-corrected chi connectivity index (χ3v) is 2.35. The van der Waals surface area contributed by atoms with Crippen molar-refractivity contribution in [2.75, 3.05) is 6.54 Å². The van der Waals surface area contributed by atoms with Crippen LogP contribution in [0.5, 0.6) is 0 Å². The predicted octanol–water partition coefficient (Wildman–Crippen LogP) is 1.20. The lowest BCUT2D eigenvalue weighted by Crippen LogP contribution is -2.36. The van der Waals surface area contributed by atoms with Crippen LogP contribution in [0.25, 0.3) is 0 Å². The molecule has 10 heavy (non-hydrogen) atoms. The third kappa shape index (κ3) is 1.50. The lowest BCUT2D eigenvalue weighted by molar-refractivity contribution is -0.00306. The molecule has 1 unspecified atom stereocenters. The molecule has 0 bridgehead atoms. The molecule has 2 heteroatoms. The lowest BCUT2D eigenvalue weighted by atomic mass is 10.2. The molecule has 1 N–H and O–H groups in total. The fraction of sp³-hybridized carbons (Fsp3) is 1.00. The van der Waals surface area contributed by atoms with E-state index in [1.54, 1.807) is 0 Å². The summed E-state index contributed by atoms with van der Waals surface area (Å²) in [7, 11) is 0. The number of hydrogen-bond donors (Lipinski definition) is 1. The third-order valence-electron chi connectivity index (χ3n) is 2.35. The lowest BCUT2D eigenvalue weighted by Gasteiger charge is -2.25. The minimum Gasteiger partial charge on any atom is -0.378 e. The van der Waals surface area contributed by atoms with Gasteiger partial charge in [-0.05, 0) is 26.2 Å². The summed E-state index contributed by atoms with van der Waals surface area (Å²) in [6, 6.07) is 0.593. The second-order valence-corrected chi connectivity index (χ2v) is 3.12. The van der Waals surface area contributed by atoms with Crippen LogP contribution in [-0.2, 0) is 0 Å². The van der Waals surface area contributed by atoms with Gasteiger partial charge in [-0.2, -0.15) is 0 Å². The van der Waals surface area contributed by atoms with Crippen LogP contribution in [0.3, 0.4) is 0 Å². The molecule has 0 aromatic heterocycles. The minimum absolute atomic E-state index is 0.197. The molecule has 2 nitrogen and oxygen atoms in total. The van der Waals surface area contributed by atoms with Crippen molar-refractivity contribution in [3.63, 3.8) is 0 Å². The fourth-order valence-electron chi connectivity index (χ4n) is 1.63. The Kier molecular flexibility index (Phi) is 2.69. The highest BCUT2D eigenvalue weighted by Gasteiger charge is 2.24. The van der Waals surface area contributed by atoms with E-state index in [0.29, 0.717) is 6.04 Å². The average Bonchev–Trinajstić information content (AvgIpc) is 2.34. The molecule has 60 valence electrons. The first-order valence-corrected chi connectivity index (χ1v) is 4.19. The van der Waals surface area contributed by atoms with Crippen molar-refractivity contribution in [3.8, 4) is 0 Å². The summed E-state index contributed by atoms with van der Waals surface area (Å²) < 4.78 is 0. The van der Waals surface area contributed by atoms with Crippen molar-refractivity contribution >= 4 is 0 Å². The van der Waals surface area contributed by atoms with E-state index < -0.39 is 0 Å². The molecular formula is C8H17NO. The second kappa shape index (κ2) is 3.35. The molecule has 0 aliphatic carbocycles. The Morgan fingerprint density at radius 3 is 2.80 bits per heavy atom. The maximum atomic E-state index is 9.45. The highest BCUT2D eigenvalue weighted by atomic mass is 16.3. The van der Waals surface area contributed by atoms with E-state index in [1.165, 1.54) is 12.8 Å². The van der Waals surface area contributed by atoms with Gasteiger partial charge in [0.05, 0.1) is 0 Å². The predicted molar refractivity (Wildman–Crippen MR) is 41.7 cm³/mol. The first kappa shape index (κ1) is 8.02. The molecule has 1 rings (SSSR count). The molecule has 0 saturated carbocycles. The van der Waals surface area contributed by atoms with E-state index >= 15 is 0 Å². The number of rotatable bonds is 2. The zero-order valence-electron chi connectivity index (χ0n) is 6.88. The van der Waals surface area contributed by atoms with Crippen molar-refractivity contribution in [1.29, 1.82) is 0 Å². The maximum Gasteiger partial charge on any atom is 0.107 e. The van der Waals surface area contributed by atoms with Gasteiger partial charge in [-0.15, -0.1) is 0 Å². The van der Waals surface area contributed by atoms with Crippen LogP contribution in [0, 0.1) is 0 Å². The zero-order valence-corrected chi connectivity index (χ0v) is 6.88. The Balaban J connectivity index is 2.38. The Morgan fingerprint density at radius 1 is 1.70 bits per heavy atom. The molecule has 1 saturated heterocycles. The zero-order chi connectivity index (χ0) is 7.56. The van der Waals surface area contributed by atoms with Gasteiger partial charge >= 0.3 is 0 Å². The summed E-state index contributed by atoms with van der Waals surface area (Å²) in [5.74, 6) is 0. The molecule has 2 atom stereocenters. The molecular weight excluding hydrogens is 126 g/mol. The van der Waals surface area contributed by atoms with Crippen LogP contribution in [0.4, 0.5) is 0 Å². The Hall–Kier alpha value is -0.0800. The number of aliphatic hydroxyl groups is 1. The summed E-state index contributed by atoms with van der Waals surface area (Å²) in [6.45, 7) is 5.29. The van der Waals surface area contributed by atoms with Gasteiger partial charge in [0.1, 0.15) is 6.23 Å². The normalized spacial score (nSPS) is 30.9. The average molecular weight is 143 g/mol. The monoisotopic (exact) mass is 143 g/mol. The number of hydrogen-bond acceptors (Lipinski definition) is 2. The Morgan fingerprint density at radius 2 is 2.40 bits per heavy atom. The number of nitrogens with zero attached hydrogens (tertiary/aromatic N) is 1. The van der Waals surface area contributed by atoms with Crippen molar-refractivity contribution in [3.05, 3.63) is 0 Å². The van der Waals surface area contributed by atoms with E-state index in [1.807, 2.05) is 6.92 Å². The highest BCUT2D eigenvalue weighted by Crippen LogP contribution is 2.19. The topological polar surface area (TPSA) is 23.5 Å². The summed E-state index contributed by atoms with van der Waals surface area (Å²) in [6.07, 6.45) is 3.15. The maximum absolute atomic E-state index is 9.45. The van der Waals surface area contributed by atoms with Gasteiger partial charge in [0.15, 0.2) is 0 Å². The molecule has 1 aliphatic rings. The smallest absolute Gasteiger partial charge is 0.107 e. The van der Waals surface area contributed by atoms with E-state index in [-0.39, 0.29) is 6.23 Å². The molecule has 0 aromatic rings. The van der Waals surface area contributed by atoms with Crippen LogP contribution in [0.15, 0.2) is 0 Å². The largest absolute Gasteiger partial charge is 0.378 e. The first-order valence-electron chi connectivity index (χ1n) is 4.19. The quantitative estimate of drug-likeness (QED) is 0.628. The minimum atomic E-state index is -0.197. The van der Waals surface area contributed by atoms with Crippen molar-refractivity contribution < 1.29 is 5.11 Å². The molecule has 0 amide bonds. The van der Waals surface area contributed by atoms with Crippen molar-refractivity contribution in [1.82, 2.24) is 4.90 Å². The van der Waals surface area contributed by atoms with Gasteiger partial charge in [0.2, 0.25) is 0 Å². The summed E-state index contributed by atoms with van der Waals surface area (Å²) in [5, 5.41) is 9.45. The van der Waals surface area contributed by atoms with Crippen molar-refractivity contribution in [2.24, 2.45) is 0 Å². The van der Waals surface area contributed by atoms with Gasteiger partial charge in [0.25, 0.3) is 0 Å². The van der Waals surface area contributed by atoms with E-state index in [2.05, 4.69) is 11.8 Å². The van der Waals surface area contributed by atoms with Crippen LogP contribution in [-0.4, -0.2) is 28.8 Å². The molecule has 1 aliphatic heterocycles. The second-order valence-electron chi connectivity index (χ2n) is 3.12. The Bertz CT molecular complexity index is 105. The van der Waals surface area contributed by atoms with Gasteiger partial charge < -0.3 is 5.11 Å². The summed E-state index contributed by atoms with van der Waals surface area (Å²) in [5.41, 5.74) is 0. The Labute approximate surface area is 62.8 Å². The standard InChI is InChI=1S/C8H17NO/c1-3-8(10)9-6-4-5-7(9)2/h7-8,10H,3-6H2,1-2H3/t7-,8?/m1/s1. The van der Waals surface area contributed by atoms with Crippen LogP contribution >= 0.6 is 0 Å². The molecule has 1 fully saturated rings. The van der Waals surface area contributed by atoms with Gasteiger partial charge in [-0.1, -0.05) is 6.92 Å². The van der Waals surface area contributed by atoms with E-state index in [4.69, 9.17) is 0 Å². The van der Waals surface area contributed by atoms with Crippen LogP contribution in [0.2, 0.25) is 0 Å². The molecule has 0 radical (unpaired) electrons. The number of likely N-dealkylation sites (tertiary alicyclic amines) is 1. The summed E-state index contributed by atoms with van der Waals surface area (Å²) >= 11 is 0. The molecule has 0 spiro atoms. The van der Waals surface area contributed by atoms with Gasteiger partial charge in [0, 0.05) is 12.6 Å². The van der Waals surface area contributed by atoms with Crippen molar-refractivity contribution in [2.45, 2.75) is 45.4 Å². The SMILES string of the molecule is CCC(O)N1CCC[C@H]1C. The van der Waals surface area contributed by atoms with Crippen LogP contribution < -0.4 is 0 Å². The van der Waals surface area contributed by atoms with Gasteiger partial charge in [-0.3, -0.25) is 4.90 Å². The first-order chi connectivity index (χ1) is 4.75. The number of aliphatic hydroxyl groups excluding tert-OH is 1. The fourth-order valence-corrected chi connectivity index (χ4v) is 1.63. The van der Waals surface area contributed by atoms with E-state index in [9.17, 15) is 5.11 Å². The van der Waals surface area contributed by atoms with E-state index in [0.717, 1.165) is 13.0 Å². The van der Waals surface area contributed by atoms with Gasteiger partial charge in [-0.25, -0.2) is 0 Å². The van der Waals surface area contributed by atoms with Crippen LogP contribution in [0.1, 0.15) is 33.1 Å². The molecule has 1 heterocycles. The molecule has 0 aromatic carbocycles.